The molecule has 0 unspecified atom stereocenters. The predicted molar refractivity (Wildman–Crippen MR) is 100.0 cm³/mol. The second kappa shape index (κ2) is 8.21. The van der Waals surface area contributed by atoms with Crippen molar-refractivity contribution < 1.29 is 27.8 Å². The SMILES string of the molecule is CCOC(=O)c1cnc(Cc2ccc(F)cc2F)c2cc(OC)c(OC)cc12. The number of hydrogen-bond acceptors (Lipinski definition) is 5. The Bertz CT molecular complexity index is 1040. The third kappa shape index (κ3) is 3.74. The zero-order valence-corrected chi connectivity index (χ0v) is 15.7. The minimum atomic E-state index is -0.662. The quantitative estimate of drug-likeness (QED) is 0.591. The van der Waals surface area contributed by atoms with Crippen molar-refractivity contribution in [1.82, 2.24) is 4.98 Å². The van der Waals surface area contributed by atoms with Gasteiger partial charge in [-0.1, -0.05) is 6.07 Å². The van der Waals surface area contributed by atoms with Gasteiger partial charge in [-0.15, -0.1) is 0 Å². The van der Waals surface area contributed by atoms with Crippen LogP contribution in [-0.4, -0.2) is 31.8 Å². The molecule has 0 radical (unpaired) electrons. The van der Waals surface area contributed by atoms with Gasteiger partial charge in [0.05, 0.1) is 32.1 Å². The van der Waals surface area contributed by atoms with Crippen LogP contribution >= 0.6 is 0 Å². The van der Waals surface area contributed by atoms with E-state index in [1.807, 2.05) is 0 Å². The molecule has 28 heavy (non-hydrogen) atoms. The molecule has 5 nitrogen and oxygen atoms in total. The molecule has 3 rings (SSSR count). The van der Waals surface area contributed by atoms with Crippen LogP contribution in [0, 0.1) is 11.6 Å². The van der Waals surface area contributed by atoms with Crippen molar-refractivity contribution in [1.29, 1.82) is 0 Å². The van der Waals surface area contributed by atoms with Gasteiger partial charge in [0.25, 0.3) is 0 Å². The molecular weight excluding hydrogens is 368 g/mol. The monoisotopic (exact) mass is 387 g/mol. The van der Waals surface area contributed by atoms with Crippen LogP contribution in [0.1, 0.15) is 28.5 Å². The van der Waals surface area contributed by atoms with Crippen LogP contribution in [0.15, 0.2) is 36.5 Å². The molecule has 0 bridgehead atoms. The van der Waals surface area contributed by atoms with Gasteiger partial charge in [-0.2, -0.15) is 0 Å². The maximum atomic E-state index is 14.1. The first-order chi connectivity index (χ1) is 13.5. The zero-order chi connectivity index (χ0) is 20.3. The Morgan fingerprint density at radius 3 is 2.32 bits per heavy atom. The first-order valence-corrected chi connectivity index (χ1v) is 8.63. The summed E-state index contributed by atoms with van der Waals surface area (Å²) in [7, 11) is 2.98. The molecule has 0 aliphatic carbocycles. The zero-order valence-electron chi connectivity index (χ0n) is 15.7. The molecule has 3 aromatic rings. The molecule has 0 aliphatic heterocycles. The summed E-state index contributed by atoms with van der Waals surface area (Å²) in [6.07, 6.45) is 1.50. The molecule has 0 amide bonds. The first kappa shape index (κ1) is 19.5. The highest BCUT2D eigenvalue weighted by Gasteiger charge is 2.19. The predicted octanol–water partition coefficient (Wildman–Crippen LogP) is 4.30. The molecule has 1 heterocycles. The van der Waals surface area contributed by atoms with Gasteiger partial charge in [0.1, 0.15) is 11.6 Å². The van der Waals surface area contributed by atoms with Crippen molar-refractivity contribution in [2.75, 3.05) is 20.8 Å². The lowest BCUT2D eigenvalue weighted by Crippen LogP contribution is -2.08. The van der Waals surface area contributed by atoms with Gasteiger partial charge in [-0.05, 0) is 30.7 Å². The van der Waals surface area contributed by atoms with Gasteiger partial charge >= 0.3 is 5.97 Å². The number of ether oxygens (including phenoxy) is 3. The van der Waals surface area contributed by atoms with Crippen LogP contribution in [0.2, 0.25) is 0 Å². The number of hydrogen-bond donors (Lipinski definition) is 0. The Balaban J connectivity index is 2.20. The van der Waals surface area contributed by atoms with Crippen molar-refractivity contribution in [2.24, 2.45) is 0 Å². The highest BCUT2D eigenvalue weighted by atomic mass is 19.1. The number of pyridine rings is 1. The van der Waals surface area contributed by atoms with Gasteiger partial charge in [0.15, 0.2) is 11.5 Å². The van der Waals surface area contributed by atoms with E-state index >= 15 is 0 Å². The van der Waals surface area contributed by atoms with E-state index in [1.165, 1.54) is 32.5 Å². The summed E-state index contributed by atoms with van der Waals surface area (Å²) in [5, 5.41) is 1.13. The first-order valence-electron chi connectivity index (χ1n) is 8.63. The molecule has 0 saturated heterocycles. The number of fused-ring (bicyclic) bond motifs is 1. The van der Waals surface area contributed by atoms with E-state index in [0.717, 1.165) is 6.07 Å². The molecule has 0 atom stereocenters. The van der Waals surface area contributed by atoms with Crippen molar-refractivity contribution in [3.05, 3.63) is 65.0 Å². The van der Waals surface area contributed by atoms with Crippen molar-refractivity contribution in [2.45, 2.75) is 13.3 Å². The number of esters is 1. The largest absolute Gasteiger partial charge is 0.493 e. The summed E-state index contributed by atoms with van der Waals surface area (Å²) < 4.78 is 43.1. The maximum absolute atomic E-state index is 14.1. The van der Waals surface area contributed by atoms with Gasteiger partial charge in [0, 0.05) is 29.5 Å². The molecular formula is C21H19F2NO4. The average Bonchev–Trinajstić information content (AvgIpc) is 2.69. The lowest BCUT2D eigenvalue weighted by Gasteiger charge is -2.14. The summed E-state index contributed by atoms with van der Waals surface area (Å²) in [6.45, 7) is 1.93. The van der Waals surface area contributed by atoms with Gasteiger partial charge < -0.3 is 14.2 Å². The van der Waals surface area contributed by atoms with Crippen molar-refractivity contribution in [3.8, 4) is 11.5 Å². The summed E-state index contributed by atoms with van der Waals surface area (Å²) in [6, 6.07) is 6.73. The number of carbonyl (C=O) groups is 1. The lowest BCUT2D eigenvalue weighted by molar-refractivity contribution is 0.0528. The highest BCUT2D eigenvalue weighted by Crippen LogP contribution is 2.35. The summed E-state index contributed by atoms with van der Waals surface area (Å²) in [5.41, 5.74) is 1.06. The standard InChI is InChI=1S/C21H19F2NO4/c1-4-28-21(25)16-11-24-18(7-12-5-6-13(22)8-17(12)23)15-10-20(27-3)19(26-2)9-14(15)16/h5-6,8-11H,4,7H2,1-3H3. The van der Waals surface area contributed by atoms with Gasteiger partial charge in [-0.3, -0.25) is 4.98 Å². The fourth-order valence-electron chi connectivity index (χ4n) is 2.98. The van der Waals surface area contributed by atoms with Gasteiger partial charge in [0.2, 0.25) is 0 Å². The van der Waals surface area contributed by atoms with E-state index in [1.54, 1.807) is 19.1 Å². The minimum absolute atomic E-state index is 0.112. The second-order valence-corrected chi connectivity index (χ2v) is 6.00. The van der Waals surface area contributed by atoms with E-state index in [4.69, 9.17) is 14.2 Å². The number of nitrogens with zero attached hydrogens (tertiary/aromatic N) is 1. The van der Waals surface area contributed by atoms with Crippen LogP contribution in [0.4, 0.5) is 8.78 Å². The molecule has 0 saturated carbocycles. The Morgan fingerprint density at radius 2 is 1.71 bits per heavy atom. The summed E-state index contributed by atoms with van der Waals surface area (Å²) in [5.74, 6) is -0.955. The number of rotatable bonds is 6. The summed E-state index contributed by atoms with van der Waals surface area (Å²) >= 11 is 0. The molecule has 2 aromatic carbocycles. The van der Waals surface area contributed by atoms with Crippen molar-refractivity contribution >= 4 is 16.7 Å². The second-order valence-electron chi connectivity index (χ2n) is 6.00. The molecule has 0 spiro atoms. The van der Waals surface area contributed by atoms with E-state index < -0.39 is 17.6 Å². The fraction of sp³-hybridized carbons (Fsp3) is 0.238. The van der Waals surface area contributed by atoms with Crippen LogP contribution in [0.3, 0.4) is 0 Å². The number of methoxy groups -OCH3 is 2. The van der Waals surface area contributed by atoms with Crippen LogP contribution < -0.4 is 9.47 Å². The molecule has 1 aromatic heterocycles. The minimum Gasteiger partial charge on any atom is -0.493 e. The average molecular weight is 387 g/mol. The van der Waals surface area contributed by atoms with E-state index in [2.05, 4.69) is 4.98 Å². The molecule has 0 fully saturated rings. The van der Waals surface area contributed by atoms with E-state index in [9.17, 15) is 13.6 Å². The Hall–Kier alpha value is -3.22. The van der Waals surface area contributed by atoms with E-state index in [0.29, 0.717) is 28.0 Å². The number of carbonyl (C=O) groups excluding carboxylic acids is 1. The lowest BCUT2D eigenvalue weighted by atomic mass is 9.99. The number of benzene rings is 2. The highest BCUT2D eigenvalue weighted by molar-refractivity contribution is 6.05. The normalized spacial score (nSPS) is 10.8. The molecule has 7 heteroatoms. The molecule has 0 aliphatic rings. The van der Waals surface area contributed by atoms with Gasteiger partial charge in [-0.25, -0.2) is 13.6 Å². The van der Waals surface area contributed by atoms with Crippen LogP contribution in [-0.2, 0) is 11.2 Å². The molecule has 0 N–H and O–H groups in total. The number of aromatic nitrogens is 1. The Kier molecular flexibility index (Phi) is 5.73. The smallest absolute Gasteiger partial charge is 0.340 e. The van der Waals surface area contributed by atoms with Crippen LogP contribution in [0.25, 0.3) is 10.8 Å². The molecule has 146 valence electrons. The third-order valence-corrected chi connectivity index (χ3v) is 4.34. The number of halogens is 2. The fourth-order valence-corrected chi connectivity index (χ4v) is 2.98. The van der Waals surface area contributed by atoms with E-state index in [-0.39, 0.29) is 24.2 Å². The topological polar surface area (TPSA) is 57.7 Å². The van der Waals surface area contributed by atoms with Crippen LogP contribution in [0.5, 0.6) is 11.5 Å². The third-order valence-electron chi connectivity index (χ3n) is 4.34. The Morgan fingerprint density at radius 1 is 1.04 bits per heavy atom. The Labute approximate surface area is 160 Å². The summed E-state index contributed by atoms with van der Waals surface area (Å²) in [4.78, 5) is 16.7. The maximum Gasteiger partial charge on any atom is 0.340 e. The van der Waals surface area contributed by atoms with Crippen molar-refractivity contribution in [3.63, 3.8) is 0 Å².